The SMILES string of the molecule is OC[C@@H](Cc1ccccc1)NC1Cc2ccc(Cl)cc2C1. The molecule has 0 spiro atoms. The Kier molecular flexibility index (Phi) is 4.59. The van der Waals surface area contributed by atoms with Gasteiger partial charge in [-0.3, -0.25) is 0 Å². The fourth-order valence-corrected chi connectivity index (χ4v) is 3.31. The lowest BCUT2D eigenvalue weighted by Crippen LogP contribution is -2.42. The van der Waals surface area contributed by atoms with Crippen LogP contribution in [0, 0.1) is 0 Å². The van der Waals surface area contributed by atoms with Gasteiger partial charge >= 0.3 is 0 Å². The zero-order chi connectivity index (χ0) is 14.7. The maximum Gasteiger partial charge on any atom is 0.0587 e. The van der Waals surface area contributed by atoms with Gasteiger partial charge in [-0.05, 0) is 48.1 Å². The minimum Gasteiger partial charge on any atom is -0.395 e. The van der Waals surface area contributed by atoms with Gasteiger partial charge in [0.05, 0.1) is 6.61 Å². The third kappa shape index (κ3) is 3.65. The van der Waals surface area contributed by atoms with Crippen LogP contribution in [0.25, 0.3) is 0 Å². The molecule has 1 aliphatic rings. The quantitative estimate of drug-likeness (QED) is 0.890. The van der Waals surface area contributed by atoms with Gasteiger partial charge < -0.3 is 10.4 Å². The minimum absolute atomic E-state index is 0.0992. The van der Waals surface area contributed by atoms with Gasteiger partial charge in [-0.15, -0.1) is 0 Å². The predicted octanol–water partition coefficient (Wildman–Crippen LogP) is 3.00. The fraction of sp³-hybridized carbons (Fsp3) is 0.333. The van der Waals surface area contributed by atoms with Crippen molar-refractivity contribution in [2.45, 2.75) is 31.3 Å². The summed E-state index contributed by atoms with van der Waals surface area (Å²) >= 11 is 6.05. The van der Waals surface area contributed by atoms with E-state index in [0.717, 1.165) is 24.3 Å². The molecule has 0 bridgehead atoms. The molecule has 0 saturated carbocycles. The van der Waals surface area contributed by atoms with Crippen LogP contribution in [-0.2, 0) is 19.3 Å². The molecule has 0 fully saturated rings. The van der Waals surface area contributed by atoms with Crippen molar-refractivity contribution in [3.63, 3.8) is 0 Å². The van der Waals surface area contributed by atoms with E-state index in [1.165, 1.54) is 16.7 Å². The number of benzene rings is 2. The van der Waals surface area contributed by atoms with Gasteiger partial charge in [0.2, 0.25) is 0 Å². The highest BCUT2D eigenvalue weighted by atomic mass is 35.5. The second-order valence-corrected chi connectivity index (χ2v) is 6.19. The third-order valence-electron chi connectivity index (χ3n) is 4.12. The van der Waals surface area contributed by atoms with E-state index in [1.807, 2.05) is 24.3 Å². The van der Waals surface area contributed by atoms with E-state index < -0.39 is 0 Å². The molecule has 110 valence electrons. The van der Waals surface area contributed by atoms with Crippen LogP contribution < -0.4 is 5.32 Å². The zero-order valence-electron chi connectivity index (χ0n) is 11.9. The summed E-state index contributed by atoms with van der Waals surface area (Å²) in [4.78, 5) is 0. The summed E-state index contributed by atoms with van der Waals surface area (Å²) in [6.07, 6.45) is 2.85. The van der Waals surface area contributed by atoms with Crippen LogP contribution in [0.15, 0.2) is 48.5 Å². The summed E-state index contributed by atoms with van der Waals surface area (Å²) in [5, 5.41) is 14.0. The van der Waals surface area contributed by atoms with Crippen molar-refractivity contribution >= 4 is 11.6 Å². The molecule has 0 aromatic heterocycles. The highest BCUT2D eigenvalue weighted by Crippen LogP contribution is 2.25. The van der Waals surface area contributed by atoms with Crippen LogP contribution in [0.2, 0.25) is 5.02 Å². The molecule has 2 atom stereocenters. The lowest BCUT2D eigenvalue weighted by molar-refractivity contribution is 0.231. The largest absolute Gasteiger partial charge is 0.395 e. The van der Waals surface area contributed by atoms with Crippen molar-refractivity contribution in [1.82, 2.24) is 5.32 Å². The Labute approximate surface area is 130 Å². The first-order chi connectivity index (χ1) is 10.2. The van der Waals surface area contributed by atoms with Gasteiger partial charge in [0.15, 0.2) is 0 Å². The maximum absolute atomic E-state index is 9.63. The number of hydrogen-bond donors (Lipinski definition) is 2. The van der Waals surface area contributed by atoms with Crippen LogP contribution in [0.4, 0.5) is 0 Å². The van der Waals surface area contributed by atoms with Gasteiger partial charge in [-0.2, -0.15) is 0 Å². The van der Waals surface area contributed by atoms with Crippen LogP contribution in [-0.4, -0.2) is 23.8 Å². The molecule has 21 heavy (non-hydrogen) atoms. The predicted molar refractivity (Wildman–Crippen MR) is 86.8 cm³/mol. The number of fused-ring (bicyclic) bond motifs is 1. The molecule has 0 saturated heterocycles. The zero-order valence-corrected chi connectivity index (χ0v) is 12.7. The number of aliphatic hydroxyl groups excluding tert-OH is 1. The van der Waals surface area contributed by atoms with Crippen LogP contribution in [0.5, 0.6) is 0 Å². The first kappa shape index (κ1) is 14.6. The Morgan fingerprint density at radius 3 is 2.62 bits per heavy atom. The van der Waals surface area contributed by atoms with Crippen molar-refractivity contribution in [2.24, 2.45) is 0 Å². The first-order valence-corrected chi connectivity index (χ1v) is 7.80. The van der Waals surface area contributed by atoms with E-state index >= 15 is 0 Å². The number of aliphatic hydroxyl groups is 1. The molecule has 2 N–H and O–H groups in total. The van der Waals surface area contributed by atoms with E-state index in [-0.39, 0.29) is 12.6 Å². The van der Waals surface area contributed by atoms with Gasteiger partial charge in [0.25, 0.3) is 0 Å². The van der Waals surface area contributed by atoms with Crippen LogP contribution in [0.3, 0.4) is 0 Å². The van der Waals surface area contributed by atoms with E-state index in [0.29, 0.717) is 6.04 Å². The lowest BCUT2D eigenvalue weighted by atomic mass is 10.0. The van der Waals surface area contributed by atoms with E-state index in [2.05, 4.69) is 29.6 Å². The van der Waals surface area contributed by atoms with Crippen molar-refractivity contribution in [1.29, 1.82) is 0 Å². The van der Waals surface area contributed by atoms with Gasteiger partial charge in [-0.1, -0.05) is 48.0 Å². The van der Waals surface area contributed by atoms with Crippen molar-refractivity contribution < 1.29 is 5.11 Å². The third-order valence-corrected chi connectivity index (χ3v) is 4.35. The van der Waals surface area contributed by atoms with Gasteiger partial charge in [0, 0.05) is 17.1 Å². The minimum atomic E-state index is 0.0992. The average Bonchev–Trinajstić information content (AvgIpc) is 2.89. The molecule has 1 aliphatic carbocycles. The van der Waals surface area contributed by atoms with Crippen LogP contribution in [0.1, 0.15) is 16.7 Å². The number of halogens is 1. The molecule has 0 radical (unpaired) electrons. The summed E-state index contributed by atoms with van der Waals surface area (Å²) in [7, 11) is 0. The monoisotopic (exact) mass is 301 g/mol. The molecule has 3 rings (SSSR count). The molecule has 2 aromatic carbocycles. The van der Waals surface area contributed by atoms with E-state index in [1.54, 1.807) is 0 Å². The Hall–Kier alpha value is -1.35. The summed E-state index contributed by atoms with van der Waals surface area (Å²) in [5.74, 6) is 0. The molecule has 0 heterocycles. The highest BCUT2D eigenvalue weighted by molar-refractivity contribution is 6.30. The highest BCUT2D eigenvalue weighted by Gasteiger charge is 2.23. The van der Waals surface area contributed by atoms with Crippen LogP contribution >= 0.6 is 11.6 Å². The van der Waals surface area contributed by atoms with E-state index in [4.69, 9.17) is 11.6 Å². The summed E-state index contributed by atoms with van der Waals surface area (Å²) in [6.45, 7) is 0.155. The Bertz CT molecular complexity index is 599. The molecular weight excluding hydrogens is 282 g/mol. The smallest absolute Gasteiger partial charge is 0.0587 e. The average molecular weight is 302 g/mol. The lowest BCUT2D eigenvalue weighted by Gasteiger charge is -2.21. The Morgan fingerprint density at radius 1 is 1.10 bits per heavy atom. The Balaban J connectivity index is 1.61. The molecule has 0 aliphatic heterocycles. The van der Waals surface area contributed by atoms with Gasteiger partial charge in [0.1, 0.15) is 0 Å². The number of nitrogens with one attached hydrogen (secondary N) is 1. The second kappa shape index (κ2) is 6.61. The molecule has 3 heteroatoms. The fourth-order valence-electron chi connectivity index (χ4n) is 3.11. The van der Waals surface area contributed by atoms with Gasteiger partial charge in [-0.25, -0.2) is 0 Å². The normalized spacial score (nSPS) is 18.5. The molecule has 1 unspecified atom stereocenters. The first-order valence-electron chi connectivity index (χ1n) is 7.42. The molecular formula is C18H20ClNO. The summed E-state index contributed by atoms with van der Waals surface area (Å²) in [6, 6.07) is 16.9. The Morgan fingerprint density at radius 2 is 1.86 bits per heavy atom. The topological polar surface area (TPSA) is 32.3 Å². The molecule has 2 nitrogen and oxygen atoms in total. The van der Waals surface area contributed by atoms with E-state index in [9.17, 15) is 5.11 Å². The molecule has 2 aromatic rings. The van der Waals surface area contributed by atoms with Crippen molar-refractivity contribution in [3.05, 3.63) is 70.2 Å². The standard InChI is InChI=1S/C18H20ClNO/c19-16-7-6-14-10-17(11-15(14)9-16)20-18(12-21)8-13-4-2-1-3-5-13/h1-7,9,17-18,20-21H,8,10-12H2/t17?,18-/m1/s1. The summed E-state index contributed by atoms with van der Waals surface area (Å²) in [5.41, 5.74) is 3.95. The maximum atomic E-state index is 9.63. The van der Waals surface area contributed by atoms with Crippen molar-refractivity contribution in [3.8, 4) is 0 Å². The second-order valence-electron chi connectivity index (χ2n) is 5.75. The van der Waals surface area contributed by atoms with Crippen molar-refractivity contribution in [2.75, 3.05) is 6.61 Å². The number of rotatable bonds is 5. The summed E-state index contributed by atoms with van der Waals surface area (Å²) < 4.78 is 0. The number of hydrogen-bond acceptors (Lipinski definition) is 2. The molecule has 0 amide bonds.